The predicted octanol–water partition coefficient (Wildman–Crippen LogP) is 1.10. The molecule has 0 atom stereocenters. The fraction of sp³-hybridized carbons (Fsp3) is 1.00. The third-order valence-electron chi connectivity index (χ3n) is 2.39. The van der Waals surface area contributed by atoms with Gasteiger partial charge < -0.3 is 10.0 Å². The highest BCUT2D eigenvalue weighted by Gasteiger charge is 2.28. The van der Waals surface area contributed by atoms with E-state index in [0.29, 0.717) is 12.0 Å². The molecule has 1 aliphatic rings. The van der Waals surface area contributed by atoms with E-state index >= 15 is 0 Å². The predicted molar refractivity (Wildman–Crippen MR) is 46.5 cm³/mol. The second-order valence-corrected chi connectivity index (χ2v) is 4.27. The Morgan fingerprint density at radius 2 is 2.18 bits per heavy atom. The van der Waals surface area contributed by atoms with Crippen molar-refractivity contribution in [2.24, 2.45) is 5.41 Å². The Labute approximate surface area is 69.2 Å². The van der Waals surface area contributed by atoms with Gasteiger partial charge in [0.2, 0.25) is 0 Å². The molecule has 0 radical (unpaired) electrons. The van der Waals surface area contributed by atoms with E-state index in [-0.39, 0.29) is 0 Å². The lowest BCUT2D eigenvalue weighted by atomic mass is 9.93. The molecule has 0 aliphatic carbocycles. The minimum atomic E-state index is 0.330. The standard InChI is InChI=1S/C9H19NO/c1-9(2)4-6-10(8-9)5-3-7-11/h11H,3-8H2,1-2H3. The fourth-order valence-electron chi connectivity index (χ4n) is 1.71. The van der Waals surface area contributed by atoms with Gasteiger partial charge in [0, 0.05) is 19.7 Å². The van der Waals surface area contributed by atoms with E-state index in [1.54, 1.807) is 0 Å². The summed E-state index contributed by atoms with van der Waals surface area (Å²) in [4.78, 5) is 2.44. The zero-order valence-corrected chi connectivity index (χ0v) is 7.64. The maximum atomic E-state index is 8.63. The average Bonchev–Trinajstić information content (AvgIpc) is 2.26. The third-order valence-corrected chi connectivity index (χ3v) is 2.39. The lowest BCUT2D eigenvalue weighted by Gasteiger charge is -2.18. The molecule has 1 saturated heterocycles. The topological polar surface area (TPSA) is 23.5 Å². The lowest BCUT2D eigenvalue weighted by Crippen LogP contribution is -2.24. The number of aliphatic hydroxyl groups excluding tert-OH is 1. The molecule has 0 aromatic carbocycles. The van der Waals surface area contributed by atoms with Gasteiger partial charge in [-0.1, -0.05) is 13.8 Å². The van der Waals surface area contributed by atoms with Crippen molar-refractivity contribution < 1.29 is 5.11 Å². The second-order valence-electron chi connectivity index (χ2n) is 4.27. The van der Waals surface area contributed by atoms with Crippen molar-refractivity contribution in [1.29, 1.82) is 0 Å². The van der Waals surface area contributed by atoms with Crippen LogP contribution in [0.5, 0.6) is 0 Å². The van der Waals surface area contributed by atoms with E-state index in [1.807, 2.05) is 0 Å². The first kappa shape index (κ1) is 9.01. The minimum absolute atomic E-state index is 0.330. The van der Waals surface area contributed by atoms with Gasteiger partial charge in [-0.15, -0.1) is 0 Å². The first-order valence-corrected chi connectivity index (χ1v) is 4.47. The molecule has 1 fully saturated rings. The van der Waals surface area contributed by atoms with Crippen LogP contribution in [0, 0.1) is 5.41 Å². The quantitative estimate of drug-likeness (QED) is 0.663. The van der Waals surface area contributed by atoms with Crippen molar-refractivity contribution in [2.45, 2.75) is 26.7 Å². The van der Waals surface area contributed by atoms with Crippen molar-refractivity contribution in [1.82, 2.24) is 4.90 Å². The number of aliphatic hydroxyl groups is 1. The summed E-state index contributed by atoms with van der Waals surface area (Å²) in [5, 5.41) is 8.63. The first-order valence-electron chi connectivity index (χ1n) is 4.47. The molecule has 0 bridgehead atoms. The molecule has 11 heavy (non-hydrogen) atoms. The molecule has 1 rings (SSSR count). The molecule has 1 N–H and O–H groups in total. The Balaban J connectivity index is 2.20. The number of hydrogen-bond acceptors (Lipinski definition) is 2. The monoisotopic (exact) mass is 157 g/mol. The van der Waals surface area contributed by atoms with Gasteiger partial charge >= 0.3 is 0 Å². The minimum Gasteiger partial charge on any atom is -0.396 e. The van der Waals surface area contributed by atoms with Crippen LogP contribution < -0.4 is 0 Å². The van der Waals surface area contributed by atoms with E-state index in [2.05, 4.69) is 18.7 Å². The largest absolute Gasteiger partial charge is 0.396 e. The van der Waals surface area contributed by atoms with Gasteiger partial charge in [-0.25, -0.2) is 0 Å². The zero-order chi connectivity index (χ0) is 8.32. The molecule has 0 aromatic heterocycles. The molecule has 0 unspecified atom stereocenters. The summed E-state index contributed by atoms with van der Waals surface area (Å²) in [7, 11) is 0. The molecular formula is C9H19NO. The van der Waals surface area contributed by atoms with Gasteiger partial charge in [0.25, 0.3) is 0 Å². The van der Waals surface area contributed by atoms with Crippen molar-refractivity contribution in [3.63, 3.8) is 0 Å². The summed E-state index contributed by atoms with van der Waals surface area (Å²) >= 11 is 0. The fourth-order valence-corrected chi connectivity index (χ4v) is 1.71. The van der Waals surface area contributed by atoms with Crippen LogP contribution in [-0.4, -0.2) is 36.2 Å². The van der Waals surface area contributed by atoms with Crippen LogP contribution in [-0.2, 0) is 0 Å². The molecule has 1 aliphatic heterocycles. The number of likely N-dealkylation sites (tertiary alicyclic amines) is 1. The van der Waals surface area contributed by atoms with E-state index < -0.39 is 0 Å². The van der Waals surface area contributed by atoms with E-state index in [0.717, 1.165) is 13.0 Å². The number of rotatable bonds is 3. The van der Waals surface area contributed by atoms with Crippen molar-refractivity contribution in [3.05, 3.63) is 0 Å². The van der Waals surface area contributed by atoms with Gasteiger partial charge in [-0.2, -0.15) is 0 Å². The SMILES string of the molecule is CC1(C)CCN(CCCO)C1. The maximum Gasteiger partial charge on any atom is 0.0443 e. The highest BCUT2D eigenvalue weighted by molar-refractivity contribution is 4.81. The van der Waals surface area contributed by atoms with E-state index in [1.165, 1.54) is 19.5 Å². The normalized spacial score (nSPS) is 24.3. The Morgan fingerprint density at radius 3 is 2.64 bits per heavy atom. The molecule has 0 saturated carbocycles. The van der Waals surface area contributed by atoms with Crippen molar-refractivity contribution >= 4 is 0 Å². The van der Waals surface area contributed by atoms with E-state index in [9.17, 15) is 0 Å². The summed E-state index contributed by atoms with van der Waals surface area (Å²) in [5.41, 5.74) is 0.509. The summed E-state index contributed by atoms with van der Waals surface area (Å²) in [6, 6.07) is 0. The van der Waals surface area contributed by atoms with Crippen LogP contribution in [0.2, 0.25) is 0 Å². The average molecular weight is 157 g/mol. The van der Waals surface area contributed by atoms with Gasteiger partial charge in [-0.3, -0.25) is 0 Å². The van der Waals surface area contributed by atoms with Crippen LogP contribution in [0.15, 0.2) is 0 Å². The Bertz CT molecular complexity index is 123. The van der Waals surface area contributed by atoms with Crippen molar-refractivity contribution in [2.75, 3.05) is 26.2 Å². The molecule has 1 heterocycles. The van der Waals surface area contributed by atoms with Crippen LogP contribution in [0.25, 0.3) is 0 Å². The van der Waals surface area contributed by atoms with Crippen molar-refractivity contribution in [3.8, 4) is 0 Å². The summed E-state index contributed by atoms with van der Waals surface area (Å²) in [5.74, 6) is 0. The zero-order valence-electron chi connectivity index (χ0n) is 7.64. The molecule has 2 nitrogen and oxygen atoms in total. The number of hydrogen-bond donors (Lipinski definition) is 1. The summed E-state index contributed by atoms with van der Waals surface area (Å²) < 4.78 is 0. The number of nitrogens with zero attached hydrogens (tertiary/aromatic N) is 1. The van der Waals surface area contributed by atoms with E-state index in [4.69, 9.17) is 5.11 Å². The Hall–Kier alpha value is -0.0800. The third kappa shape index (κ3) is 2.80. The Morgan fingerprint density at radius 1 is 1.45 bits per heavy atom. The molecular weight excluding hydrogens is 138 g/mol. The molecule has 0 amide bonds. The lowest BCUT2D eigenvalue weighted by molar-refractivity contribution is 0.235. The second kappa shape index (κ2) is 3.55. The van der Waals surface area contributed by atoms with Crippen LogP contribution in [0.3, 0.4) is 0 Å². The highest BCUT2D eigenvalue weighted by Crippen LogP contribution is 2.28. The first-order chi connectivity index (χ1) is 5.14. The summed E-state index contributed by atoms with van der Waals surface area (Å²) in [6.45, 7) is 8.44. The molecule has 2 heteroatoms. The maximum absolute atomic E-state index is 8.63. The van der Waals surface area contributed by atoms with Crippen LogP contribution >= 0.6 is 0 Å². The summed E-state index contributed by atoms with van der Waals surface area (Å²) in [6.07, 6.45) is 2.23. The van der Waals surface area contributed by atoms with Gasteiger partial charge in [0.05, 0.1) is 0 Å². The van der Waals surface area contributed by atoms with Gasteiger partial charge in [0.1, 0.15) is 0 Å². The highest BCUT2D eigenvalue weighted by atomic mass is 16.3. The molecule has 66 valence electrons. The van der Waals surface area contributed by atoms with Gasteiger partial charge in [-0.05, 0) is 24.8 Å². The van der Waals surface area contributed by atoms with Crippen LogP contribution in [0.1, 0.15) is 26.7 Å². The Kier molecular flexibility index (Phi) is 2.90. The van der Waals surface area contributed by atoms with Crippen LogP contribution in [0.4, 0.5) is 0 Å². The smallest absolute Gasteiger partial charge is 0.0443 e. The molecule has 0 aromatic rings. The van der Waals surface area contributed by atoms with Gasteiger partial charge in [0.15, 0.2) is 0 Å². The molecule has 0 spiro atoms.